The highest BCUT2D eigenvalue weighted by Gasteiger charge is 2.15. The summed E-state index contributed by atoms with van der Waals surface area (Å²) in [6.07, 6.45) is 1.59. The molecule has 0 radical (unpaired) electrons. The summed E-state index contributed by atoms with van der Waals surface area (Å²) in [6.45, 7) is 2.63. The lowest BCUT2D eigenvalue weighted by atomic mass is 10.2. The van der Waals surface area contributed by atoms with Gasteiger partial charge in [-0.1, -0.05) is 30.4 Å². The lowest BCUT2D eigenvalue weighted by molar-refractivity contribution is 0.0955. The molecule has 3 aromatic rings. The van der Waals surface area contributed by atoms with E-state index < -0.39 is 0 Å². The topological polar surface area (TPSA) is 66.9 Å². The summed E-state index contributed by atoms with van der Waals surface area (Å²) in [6, 6.07) is 8.08. The summed E-state index contributed by atoms with van der Waals surface area (Å²) in [7, 11) is 1.79. The van der Waals surface area contributed by atoms with Crippen molar-refractivity contribution in [3.8, 4) is 0 Å². The average molecular weight is 332 g/mol. The molecule has 22 heavy (non-hydrogen) atoms. The Hall–Kier alpha value is -1.99. The average Bonchev–Trinajstić information content (AvgIpc) is 3.18. The molecule has 3 rings (SSSR count). The van der Waals surface area contributed by atoms with Crippen LogP contribution >= 0.6 is 22.7 Å². The maximum atomic E-state index is 12.1. The zero-order valence-electron chi connectivity index (χ0n) is 12.3. The van der Waals surface area contributed by atoms with Crippen LogP contribution in [0.25, 0.3) is 10.2 Å². The van der Waals surface area contributed by atoms with E-state index in [4.69, 9.17) is 0 Å². The van der Waals surface area contributed by atoms with Crippen LogP contribution in [0.3, 0.4) is 0 Å². The number of rotatable bonds is 5. The van der Waals surface area contributed by atoms with Crippen LogP contribution in [0.4, 0.5) is 5.13 Å². The van der Waals surface area contributed by atoms with E-state index in [-0.39, 0.29) is 11.8 Å². The van der Waals surface area contributed by atoms with Gasteiger partial charge in [-0.2, -0.15) is 0 Å². The molecule has 0 aliphatic rings. The second kappa shape index (κ2) is 6.41. The van der Waals surface area contributed by atoms with Crippen LogP contribution in [-0.2, 0) is 0 Å². The summed E-state index contributed by atoms with van der Waals surface area (Å²) in [5, 5.41) is 7.66. The maximum absolute atomic E-state index is 12.1. The van der Waals surface area contributed by atoms with Crippen molar-refractivity contribution in [2.45, 2.75) is 12.8 Å². The molecule has 0 spiro atoms. The molecule has 2 heterocycles. The largest absolute Gasteiger partial charge is 0.365 e. The molecule has 2 aromatic heterocycles. The number of fused-ring (bicyclic) bond motifs is 1. The zero-order chi connectivity index (χ0) is 15.5. The van der Waals surface area contributed by atoms with Crippen LogP contribution in [0.1, 0.15) is 27.5 Å². The molecule has 0 saturated heterocycles. The first-order chi connectivity index (χ1) is 10.7. The second-order valence-corrected chi connectivity index (χ2v) is 7.00. The van der Waals surface area contributed by atoms with E-state index in [0.717, 1.165) is 15.7 Å². The molecule has 0 aliphatic heterocycles. The van der Waals surface area contributed by atoms with Gasteiger partial charge in [0.05, 0.1) is 21.4 Å². The molecular formula is C15H16N4OS2. The summed E-state index contributed by atoms with van der Waals surface area (Å²) in [4.78, 5) is 21.4. The molecule has 0 saturated carbocycles. The minimum Gasteiger partial charge on any atom is -0.365 e. The number of hydrogen-bond acceptors (Lipinski definition) is 6. The van der Waals surface area contributed by atoms with Crippen LogP contribution in [0.2, 0.25) is 0 Å². The summed E-state index contributed by atoms with van der Waals surface area (Å²) in [5.74, 6) is 0.0880. The van der Waals surface area contributed by atoms with E-state index in [1.165, 1.54) is 16.0 Å². The van der Waals surface area contributed by atoms with Gasteiger partial charge in [0, 0.05) is 19.5 Å². The Bertz CT molecular complexity index is 763. The number of amides is 1. The Balaban J connectivity index is 1.64. The molecule has 7 heteroatoms. The highest BCUT2D eigenvalue weighted by atomic mass is 32.1. The number of nitrogens with zero attached hydrogens (tertiary/aromatic N) is 2. The fraction of sp³-hybridized carbons (Fsp3) is 0.267. The number of aromatic nitrogens is 2. The van der Waals surface area contributed by atoms with E-state index in [2.05, 4.69) is 33.6 Å². The third-order valence-electron chi connectivity index (χ3n) is 3.24. The van der Waals surface area contributed by atoms with Gasteiger partial charge in [-0.05, 0) is 12.1 Å². The van der Waals surface area contributed by atoms with Crippen molar-refractivity contribution in [2.24, 2.45) is 0 Å². The highest BCUT2D eigenvalue weighted by molar-refractivity contribution is 7.18. The van der Waals surface area contributed by atoms with Crippen LogP contribution in [-0.4, -0.2) is 29.5 Å². The van der Waals surface area contributed by atoms with Gasteiger partial charge in [0.1, 0.15) is 4.88 Å². The molecule has 1 atom stereocenters. The highest BCUT2D eigenvalue weighted by Crippen LogP contribution is 2.27. The van der Waals surface area contributed by atoms with E-state index in [9.17, 15) is 4.79 Å². The number of nitrogens with one attached hydrogen (secondary N) is 2. The predicted molar refractivity (Wildman–Crippen MR) is 92.0 cm³/mol. The van der Waals surface area contributed by atoms with Crippen molar-refractivity contribution in [1.29, 1.82) is 0 Å². The minimum absolute atomic E-state index is 0.0908. The maximum Gasteiger partial charge on any atom is 0.263 e. The Morgan fingerprint density at radius 1 is 1.32 bits per heavy atom. The Labute approximate surface area is 136 Å². The molecule has 1 aromatic carbocycles. The molecule has 0 bridgehead atoms. The van der Waals surface area contributed by atoms with Gasteiger partial charge in [0.2, 0.25) is 0 Å². The minimum atomic E-state index is -0.0908. The Morgan fingerprint density at radius 3 is 2.86 bits per heavy atom. The zero-order valence-corrected chi connectivity index (χ0v) is 13.9. The Kier molecular flexibility index (Phi) is 4.35. The Morgan fingerprint density at radius 2 is 2.14 bits per heavy atom. The first-order valence-electron chi connectivity index (χ1n) is 6.94. The predicted octanol–water partition coefficient (Wildman–Crippen LogP) is 3.33. The standard InChI is InChI=1S/C15H16N4OS2/c1-9(14-19-10-5-3-4-6-11(10)21-14)7-17-13(20)12-8-18-15(16-2)22-12/h3-6,8-9H,7H2,1-2H3,(H,16,18)(H,17,20). The normalized spacial score (nSPS) is 12.3. The van der Waals surface area contributed by atoms with Crippen molar-refractivity contribution < 1.29 is 4.79 Å². The molecular weight excluding hydrogens is 316 g/mol. The van der Waals surface area contributed by atoms with E-state index in [0.29, 0.717) is 11.4 Å². The lowest BCUT2D eigenvalue weighted by Gasteiger charge is -2.08. The number of hydrogen-bond donors (Lipinski definition) is 2. The van der Waals surface area contributed by atoms with Gasteiger partial charge in [0.15, 0.2) is 5.13 Å². The summed E-state index contributed by atoms with van der Waals surface area (Å²) in [5.41, 5.74) is 1.02. The van der Waals surface area contributed by atoms with Crippen molar-refractivity contribution >= 4 is 43.9 Å². The van der Waals surface area contributed by atoms with Crippen molar-refractivity contribution in [3.05, 3.63) is 40.3 Å². The smallest absolute Gasteiger partial charge is 0.263 e. The number of para-hydroxylation sites is 1. The lowest BCUT2D eigenvalue weighted by Crippen LogP contribution is -2.26. The van der Waals surface area contributed by atoms with Crippen LogP contribution in [0.5, 0.6) is 0 Å². The number of carbonyl (C=O) groups excluding carboxylic acids is 1. The third kappa shape index (κ3) is 3.10. The quantitative estimate of drug-likeness (QED) is 0.752. The molecule has 0 fully saturated rings. The van der Waals surface area contributed by atoms with E-state index >= 15 is 0 Å². The second-order valence-electron chi connectivity index (χ2n) is 4.91. The van der Waals surface area contributed by atoms with Gasteiger partial charge in [-0.15, -0.1) is 11.3 Å². The monoisotopic (exact) mass is 332 g/mol. The number of thiazole rings is 2. The van der Waals surface area contributed by atoms with Crippen LogP contribution in [0, 0.1) is 0 Å². The molecule has 2 N–H and O–H groups in total. The van der Waals surface area contributed by atoms with Crippen LogP contribution < -0.4 is 10.6 Å². The molecule has 114 valence electrons. The fourth-order valence-electron chi connectivity index (χ4n) is 2.02. The molecule has 1 unspecified atom stereocenters. The molecule has 1 amide bonds. The van der Waals surface area contributed by atoms with Gasteiger partial charge in [-0.25, -0.2) is 9.97 Å². The van der Waals surface area contributed by atoms with Crippen molar-refractivity contribution in [2.75, 3.05) is 18.9 Å². The third-order valence-corrected chi connectivity index (χ3v) is 5.53. The first-order valence-corrected chi connectivity index (χ1v) is 8.58. The summed E-state index contributed by atoms with van der Waals surface area (Å²) < 4.78 is 1.18. The van der Waals surface area contributed by atoms with Crippen molar-refractivity contribution in [3.63, 3.8) is 0 Å². The molecule has 0 aliphatic carbocycles. The number of carbonyl (C=O) groups is 1. The van der Waals surface area contributed by atoms with Gasteiger partial charge in [0.25, 0.3) is 5.91 Å². The van der Waals surface area contributed by atoms with Gasteiger partial charge in [-0.3, -0.25) is 4.79 Å². The SMILES string of the molecule is CNc1ncc(C(=O)NCC(C)c2nc3ccccc3s2)s1. The van der Waals surface area contributed by atoms with E-state index in [1.54, 1.807) is 24.6 Å². The summed E-state index contributed by atoms with van der Waals surface area (Å²) >= 11 is 3.02. The van der Waals surface area contributed by atoms with Crippen LogP contribution in [0.15, 0.2) is 30.5 Å². The van der Waals surface area contributed by atoms with Gasteiger partial charge < -0.3 is 10.6 Å². The van der Waals surface area contributed by atoms with E-state index in [1.807, 2.05) is 18.2 Å². The molecule has 5 nitrogen and oxygen atoms in total. The van der Waals surface area contributed by atoms with Gasteiger partial charge >= 0.3 is 0 Å². The first kappa shape index (κ1) is 14.9. The fourth-order valence-corrected chi connectivity index (χ4v) is 3.72. The number of benzene rings is 1. The number of anilines is 1. The van der Waals surface area contributed by atoms with Crippen molar-refractivity contribution in [1.82, 2.24) is 15.3 Å².